The maximum atomic E-state index is 14.6. The van der Waals surface area contributed by atoms with E-state index in [-0.39, 0.29) is 23.6 Å². The first-order valence-corrected chi connectivity index (χ1v) is 14.4. The fraction of sp³-hybridized carbons (Fsp3) is 0.419. The number of carbonyl (C=O) groups excluding carboxylic acids is 1. The lowest BCUT2D eigenvalue weighted by Crippen LogP contribution is -2.34. The molecule has 3 aliphatic rings. The summed E-state index contributed by atoms with van der Waals surface area (Å²) >= 11 is 0. The minimum atomic E-state index is -0.529. The number of fused-ring (bicyclic) bond motifs is 7. The van der Waals surface area contributed by atoms with Crippen molar-refractivity contribution in [1.82, 2.24) is 29.4 Å². The molecule has 0 spiro atoms. The van der Waals surface area contributed by atoms with Crippen molar-refractivity contribution in [3.05, 3.63) is 64.9 Å². The summed E-state index contributed by atoms with van der Waals surface area (Å²) in [5, 5.41) is 9.83. The highest BCUT2D eigenvalue weighted by molar-refractivity contribution is 5.96. The topological polar surface area (TPSA) is 104 Å². The van der Waals surface area contributed by atoms with Gasteiger partial charge < -0.3 is 15.4 Å². The Hall–Kier alpha value is -4.21. The van der Waals surface area contributed by atoms with Gasteiger partial charge in [0.25, 0.3) is 5.91 Å². The highest BCUT2D eigenvalue weighted by Gasteiger charge is 2.35. The fourth-order valence-corrected chi connectivity index (χ4v) is 6.31. The molecule has 1 unspecified atom stereocenters. The van der Waals surface area contributed by atoms with Crippen molar-refractivity contribution in [1.29, 1.82) is 0 Å². The monoisotopic (exact) mass is 555 g/mol. The normalized spacial score (nSPS) is 20.0. The molecule has 3 aromatic heterocycles. The number of likely N-dealkylation sites (tertiary alicyclic amines) is 1. The third-order valence-electron chi connectivity index (χ3n) is 8.63. The van der Waals surface area contributed by atoms with Crippen molar-refractivity contribution >= 4 is 11.7 Å². The first-order valence-electron chi connectivity index (χ1n) is 14.4. The van der Waals surface area contributed by atoms with Gasteiger partial charge in [0.15, 0.2) is 17.3 Å². The van der Waals surface area contributed by atoms with E-state index in [0.29, 0.717) is 29.3 Å². The molecule has 2 bridgehead atoms. The van der Waals surface area contributed by atoms with Crippen molar-refractivity contribution in [2.45, 2.75) is 64.6 Å². The number of benzene rings is 1. The van der Waals surface area contributed by atoms with E-state index in [4.69, 9.17) is 20.7 Å². The zero-order valence-electron chi connectivity index (χ0n) is 23.6. The second-order valence-electron chi connectivity index (χ2n) is 11.7. The minimum Gasteiger partial charge on any atom is -0.482 e. The van der Waals surface area contributed by atoms with Crippen LogP contribution >= 0.6 is 0 Å². The first-order chi connectivity index (χ1) is 19.8. The van der Waals surface area contributed by atoms with Crippen LogP contribution in [0.1, 0.15) is 72.8 Å². The van der Waals surface area contributed by atoms with Gasteiger partial charge in [0.2, 0.25) is 0 Å². The number of nitrogen functional groups attached to an aromatic ring is 1. The summed E-state index contributed by atoms with van der Waals surface area (Å²) in [7, 11) is 1.87. The number of ether oxygens (including phenoxy) is 1. The number of rotatable bonds is 3. The van der Waals surface area contributed by atoms with Gasteiger partial charge in [-0.1, -0.05) is 0 Å². The average Bonchev–Trinajstić information content (AvgIpc) is 3.36. The summed E-state index contributed by atoms with van der Waals surface area (Å²) in [4.78, 5) is 20.6. The van der Waals surface area contributed by atoms with E-state index in [1.54, 1.807) is 16.9 Å². The molecule has 9 nitrogen and oxygen atoms in total. The second-order valence-corrected chi connectivity index (χ2v) is 11.7. The van der Waals surface area contributed by atoms with Crippen molar-refractivity contribution < 1.29 is 13.9 Å². The van der Waals surface area contributed by atoms with Gasteiger partial charge in [0.05, 0.1) is 11.4 Å². The van der Waals surface area contributed by atoms with E-state index >= 15 is 0 Å². The van der Waals surface area contributed by atoms with Gasteiger partial charge in [-0.3, -0.25) is 14.2 Å². The van der Waals surface area contributed by atoms with Crippen LogP contribution in [0.3, 0.4) is 0 Å². The summed E-state index contributed by atoms with van der Waals surface area (Å²) in [6.07, 6.45) is 7.86. The number of nitrogens with two attached hydrogens (primary N) is 1. The van der Waals surface area contributed by atoms with Crippen LogP contribution in [0.25, 0.3) is 22.5 Å². The van der Waals surface area contributed by atoms with Gasteiger partial charge in [-0.05, 0) is 69.7 Å². The molecule has 4 aromatic rings. The predicted octanol–water partition coefficient (Wildman–Crippen LogP) is 5.15. The molecule has 1 saturated carbocycles. The number of amides is 1. The SMILES string of the molecule is CC1CCCN1C(=O)c1nn(CC2CC2)c2c1Cc1cn(C)nc1-c1ccc(F)cc1[C@@H](C)Oc1cc-2cnc1N. The maximum absolute atomic E-state index is 14.6. The van der Waals surface area contributed by atoms with Crippen molar-refractivity contribution in [3.8, 4) is 28.3 Å². The van der Waals surface area contributed by atoms with Gasteiger partial charge in [-0.15, -0.1) is 0 Å². The Balaban J connectivity index is 1.50. The van der Waals surface area contributed by atoms with Gasteiger partial charge in [0, 0.05) is 72.8 Å². The van der Waals surface area contributed by atoms with Crippen LogP contribution < -0.4 is 10.5 Å². The zero-order chi connectivity index (χ0) is 28.4. The predicted molar refractivity (Wildman–Crippen MR) is 153 cm³/mol. The largest absolute Gasteiger partial charge is 0.482 e. The summed E-state index contributed by atoms with van der Waals surface area (Å²) in [5.74, 6) is 0.765. The Bertz CT molecular complexity index is 1670. The van der Waals surface area contributed by atoms with E-state index < -0.39 is 6.10 Å². The Morgan fingerprint density at radius 2 is 2.00 bits per heavy atom. The van der Waals surface area contributed by atoms with Crippen molar-refractivity contribution in [2.75, 3.05) is 12.3 Å². The maximum Gasteiger partial charge on any atom is 0.274 e. The molecule has 2 N–H and O–H groups in total. The lowest BCUT2D eigenvalue weighted by atomic mass is 9.93. The van der Waals surface area contributed by atoms with Crippen LogP contribution in [0, 0.1) is 11.7 Å². The van der Waals surface area contributed by atoms with E-state index in [1.807, 2.05) is 35.8 Å². The highest BCUT2D eigenvalue weighted by atomic mass is 19.1. The minimum absolute atomic E-state index is 0.0469. The van der Waals surface area contributed by atoms with Crippen molar-refractivity contribution in [3.63, 3.8) is 0 Å². The Labute approximate surface area is 238 Å². The van der Waals surface area contributed by atoms with Crippen LogP contribution in [0.5, 0.6) is 5.75 Å². The molecule has 2 aliphatic heterocycles. The Kier molecular flexibility index (Phi) is 6.10. The second kappa shape index (κ2) is 9.71. The van der Waals surface area contributed by atoms with Gasteiger partial charge in [0.1, 0.15) is 11.9 Å². The number of carbonyl (C=O) groups is 1. The summed E-state index contributed by atoms with van der Waals surface area (Å²) < 4.78 is 24.7. The number of aromatic nitrogens is 5. The molecule has 7 rings (SSSR count). The van der Waals surface area contributed by atoms with E-state index in [2.05, 4.69) is 11.9 Å². The fourth-order valence-electron chi connectivity index (χ4n) is 6.31. The third kappa shape index (κ3) is 4.55. The molecule has 1 aromatic carbocycles. The van der Waals surface area contributed by atoms with E-state index in [9.17, 15) is 9.18 Å². The number of pyridine rings is 1. The van der Waals surface area contributed by atoms with E-state index in [0.717, 1.165) is 72.4 Å². The number of hydrogen-bond acceptors (Lipinski definition) is 6. The quantitative estimate of drug-likeness (QED) is 0.375. The van der Waals surface area contributed by atoms with Crippen LogP contribution in [0.4, 0.5) is 10.2 Å². The molecule has 5 heterocycles. The third-order valence-corrected chi connectivity index (χ3v) is 8.63. The molecule has 2 atom stereocenters. The zero-order valence-corrected chi connectivity index (χ0v) is 23.6. The summed E-state index contributed by atoms with van der Waals surface area (Å²) in [5.41, 5.74) is 12.3. The smallest absolute Gasteiger partial charge is 0.274 e. The average molecular weight is 556 g/mol. The van der Waals surface area contributed by atoms with Crippen LogP contribution in [-0.2, 0) is 20.0 Å². The lowest BCUT2D eigenvalue weighted by Gasteiger charge is -2.22. The molecule has 1 saturated heterocycles. The van der Waals surface area contributed by atoms with Crippen LogP contribution in [0.15, 0.2) is 36.7 Å². The molecule has 1 amide bonds. The number of aryl methyl sites for hydroxylation is 1. The van der Waals surface area contributed by atoms with E-state index in [1.165, 1.54) is 12.1 Å². The molecule has 41 heavy (non-hydrogen) atoms. The number of hydrogen-bond donors (Lipinski definition) is 1. The Morgan fingerprint density at radius 3 is 2.76 bits per heavy atom. The summed E-state index contributed by atoms with van der Waals surface area (Å²) in [6, 6.07) is 6.71. The van der Waals surface area contributed by atoms with Crippen LogP contribution in [0.2, 0.25) is 0 Å². The molecule has 1 aliphatic carbocycles. The Morgan fingerprint density at radius 1 is 1.17 bits per heavy atom. The first kappa shape index (κ1) is 25.7. The van der Waals surface area contributed by atoms with Gasteiger partial charge >= 0.3 is 0 Å². The standard InChI is InChI=1S/C31H34FN7O2/c1-17-5-4-10-38(17)31(40)28-25-11-21-16-37(3)35-27(21)23-9-8-22(32)13-24(23)18(2)41-26-12-20(14-34-30(26)33)29(25)39(36-28)15-19-6-7-19/h8-9,12-14,16-19H,4-7,10-11,15H2,1-3H3,(H2,33,34)/t17?,18-/m1/s1. The lowest BCUT2D eigenvalue weighted by molar-refractivity contribution is 0.0739. The molecular formula is C31H34FN7O2. The molecule has 212 valence electrons. The van der Waals surface area contributed by atoms with Gasteiger partial charge in [-0.25, -0.2) is 9.37 Å². The summed E-state index contributed by atoms with van der Waals surface area (Å²) in [6.45, 7) is 5.42. The molecule has 10 heteroatoms. The molecule has 2 fully saturated rings. The van der Waals surface area contributed by atoms with Crippen molar-refractivity contribution in [2.24, 2.45) is 13.0 Å². The van der Waals surface area contributed by atoms with Gasteiger partial charge in [-0.2, -0.15) is 10.2 Å². The molecule has 0 radical (unpaired) electrons. The highest BCUT2D eigenvalue weighted by Crippen LogP contribution is 2.41. The number of anilines is 1. The number of nitrogens with zero attached hydrogens (tertiary/aromatic N) is 6. The van der Waals surface area contributed by atoms with Crippen LogP contribution in [-0.4, -0.2) is 47.9 Å². The number of halogens is 1. The molecular weight excluding hydrogens is 521 g/mol.